The normalized spacial score (nSPS) is 20.3. The Balaban J connectivity index is 1.64. The molecular formula is C25H41N3O5S. The van der Waals surface area contributed by atoms with Crippen LogP contribution in [0.5, 0.6) is 0 Å². The molecule has 2 N–H and O–H groups in total. The summed E-state index contributed by atoms with van der Waals surface area (Å²) >= 11 is 0. The fourth-order valence-corrected chi connectivity index (χ4v) is 7.44. The molecule has 2 fully saturated rings. The smallest absolute Gasteiger partial charge is 0.266 e. The number of methoxy groups -OCH3 is 1. The third kappa shape index (κ3) is 5.99. The van der Waals surface area contributed by atoms with Crippen LogP contribution < -0.4 is 5.48 Å². The number of nitrogens with one attached hydrogen (secondary N) is 1. The molecule has 1 amide bonds. The van der Waals surface area contributed by atoms with Gasteiger partial charge in [-0.15, -0.1) is 0 Å². The number of rotatable bonds is 11. The van der Waals surface area contributed by atoms with E-state index in [0.717, 1.165) is 19.3 Å². The standard InChI is InChI=1S/C25H41N3O5S/c1-3-4-5-6-21-7-9-22(10-8-21)23-11-15-28(16-12-23)34(31,32)25(24(29)26-30)13-17-27(18-14-25)19-20-33-2/h7-10,23,30H,3-6,11-20H2,1-2H3,(H,26,29). The summed E-state index contributed by atoms with van der Waals surface area (Å²) in [6.45, 7) is 5.17. The number of ether oxygens (including phenoxy) is 1. The third-order valence-electron chi connectivity index (χ3n) is 7.60. The van der Waals surface area contributed by atoms with Crippen molar-refractivity contribution in [3.05, 3.63) is 35.4 Å². The van der Waals surface area contributed by atoms with E-state index in [1.54, 1.807) is 12.6 Å². The summed E-state index contributed by atoms with van der Waals surface area (Å²) in [5.74, 6) is -0.505. The van der Waals surface area contributed by atoms with Crippen molar-refractivity contribution in [2.75, 3.05) is 46.4 Å². The molecule has 2 heterocycles. The van der Waals surface area contributed by atoms with Gasteiger partial charge in [-0.25, -0.2) is 18.2 Å². The number of sulfonamides is 1. The van der Waals surface area contributed by atoms with Crippen LogP contribution in [0.2, 0.25) is 0 Å². The second-order valence-electron chi connectivity index (χ2n) is 9.65. The number of piperidine rings is 2. The Kier molecular flexibility index (Phi) is 9.91. The fourth-order valence-electron chi connectivity index (χ4n) is 5.27. The van der Waals surface area contributed by atoms with Gasteiger partial charge in [0.15, 0.2) is 4.75 Å². The van der Waals surface area contributed by atoms with E-state index in [1.165, 1.54) is 34.7 Å². The number of carbonyl (C=O) groups excluding carboxylic acids is 1. The first kappa shape index (κ1) is 27.1. The van der Waals surface area contributed by atoms with E-state index in [4.69, 9.17) is 4.74 Å². The van der Waals surface area contributed by atoms with E-state index in [-0.39, 0.29) is 12.8 Å². The number of hydrogen-bond donors (Lipinski definition) is 2. The summed E-state index contributed by atoms with van der Waals surface area (Å²) in [4.78, 5) is 14.8. The highest BCUT2D eigenvalue weighted by molar-refractivity contribution is 7.91. The van der Waals surface area contributed by atoms with Crippen LogP contribution in [0.1, 0.15) is 68.9 Å². The van der Waals surface area contributed by atoms with Crippen LogP contribution in [-0.4, -0.2) is 79.9 Å². The topological polar surface area (TPSA) is 99.2 Å². The Hall–Kier alpha value is -1.52. The van der Waals surface area contributed by atoms with Gasteiger partial charge in [0.05, 0.1) is 6.61 Å². The van der Waals surface area contributed by atoms with Crippen LogP contribution in [0.15, 0.2) is 24.3 Å². The molecule has 1 aromatic rings. The Morgan fingerprint density at radius 2 is 1.76 bits per heavy atom. The lowest BCUT2D eigenvalue weighted by Gasteiger charge is -2.43. The van der Waals surface area contributed by atoms with Crippen LogP contribution in [0.4, 0.5) is 0 Å². The van der Waals surface area contributed by atoms with E-state index >= 15 is 0 Å². The molecule has 192 valence electrons. The molecule has 8 nitrogen and oxygen atoms in total. The molecule has 2 saturated heterocycles. The second kappa shape index (κ2) is 12.4. The number of amides is 1. The van der Waals surface area contributed by atoms with E-state index in [0.29, 0.717) is 45.2 Å². The number of aryl methyl sites for hydroxylation is 1. The van der Waals surface area contributed by atoms with Gasteiger partial charge in [-0.1, -0.05) is 44.0 Å². The molecule has 3 rings (SSSR count). The predicted octanol–water partition coefficient (Wildman–Crippen LogP) is 2.91. The van der Waals surface area contributed by atoms with E-state index in [9.17, 15) is 18.4 Å². The van der Waals surface area contributed by atoms with Gasteiger partial charge >= 0.3 is 0 Å². The van der Waals surface area contributed by atoms with Crippen LogP contribution in [0.25, 0.3) is 0 Å². The molecule has 0 atom stereocenters. The number of nitrogens with zero attached hydrogens (tertiary/aromatic N) is 2. The minimum absolute atomic E-state index is 0.158. The van der Waals surface area contributed by atoms with Gasteiger partial charge in [0, 0.05) is 39.8 Å². The summed E-state index contributed by atoms with van der Waals surface area (Å²) < 4.78 is 32.4. The van der Waals surface area contributed by atoms with Crippen molar-refractivity contribution in [3.8, 4) is 0 Å². The molecule has 0 aliphatic carbocycles. The van der Waals surface area contributed by atoms with Gasteiger partial charge in [0.25, 0.3) is 5.91 Å². The lowest BCUT2D eigenvalue weighted by atomic mass is 9.89. The molecule has 0 bridgehead atoms. The van der Waals surface area contributed by atoms with E-state index in [1.807, 2.05) is 0 Å². The largest absolute Gasteiger partial charge is 0.383 e. The number of carbonyl (C=O) groups is 1. The second-order valence-corrected chi connectivity index (χ2v) is 11.9. The Bertz CT molecular complexity index is 874. The molecule has 0 radical (unpaired) electrons. The first-order valence-corrected chi connectivity index (χ1v) is 14.1. The van der Waals surface area contributed by atoms with Crippen molar-refractivity contribution in [2.45, 2.75) is 69.0 Å². The van der Waals surface area contributed by atoms with Gasteiger partial charge in [-0.05, 0) is 55.6 Å². The predicted molar refractivity (Wildman–Crippen MR) is 132 cm³/mol. The van der Waals surface area contributed by atoms with Crippen LogP contribution in [-0.2, 0) is 26.0 Å². The zero-order chi connectivity index (χ0) is 24.6. The highest BCUT2D eigenvalue weighted by Gasteiger charge is 2.55. The molecule has 0 spiro atoms. The SMILES string of the molecule is CCCCCc1ccc(C2CCN(S(=O)(=O)C3(C(=O)NO)CCN(CCOC)CC3)CC2)cc1. The van der Waals surface area contributed by atoms with Crippen LogP contribution in [0.3, 0.4) is 0 Å². The van der Waals surface area contributed by atoms with Crippen molar-refractivity contribution < 1.29 is 23.2 Å². The van der Waals surface area contributed by atoms with Crippen LogP contribution >= 0.6 is 0 Å². The number of unbranched alkanes of at least 4 members (excludes halogenated alkanes) is 2. The summed E-state index contributed by atoms with van der Waals surface area (Å²) in [7, 11) is -2.30. The van der Waals surface area contributed by atoms with Gasteiger partial charge in [0.1, 0.15) is 0 Å². The average Bonchev–Trinajstić information content (AvgIpc) is 2.88. The van der Waals surface area contributed by atoms with Crippen molar-refractivity contribution in [2.24, 2.45) is 0 Å². The summed E-state index contributed by atoms with van der Waals surface area (Å²) in [6.07, 6.45) is 6.54. The van der Waals surface area contributed by atoms with Gasteiger partial charge in [-0.2, -0.15) is 0 Å². The minimum Gasteiger partial charge on any atom is -0.383 e. The van der Waals surface area contributed by atoms with Gasteiger partial charge < -0.3 is 9.64 Å². The first-order chi connectivity index (χ1) is 16.4. The molecule has 9 heteroatoms. The number of likely N-dealkylation sites (tertiary alicyclic amines) is 1. The Morgan fingerprint density at radius 1 is 1.12 bits per heavy atom. The Morgan fingerprint density at radius 3 is 2.32 bits per heavy atom. The molecular weight excluding hydrogens is 454 g/mol. The monoisotopic (exact) mass is 495 g/mol. The van der Waals surface area contributed by atoms with Gasteiger partial charge in [0.2, 0.25) is 10.0 Å². The first-order valence-electron chi connectivity index (χ1n) is 12.6. The highest BCUT2D eigenvalue weighted by Crippen LogP contribution is 2.37. The minimum atomic E-state index is -3.92. The van der Waals surface area contributed by atoms with E-state index < -0.39 is 20.7 Å². The molecule has 2 aliphatic rings. The average molecular weight is 496 g/mol. The summed E-state index contributed by atoms with van der Waals surface area (Å²) in [6, 6.07) is 8.77. The zero-order valence-electron chi connectivity index (χ0n) is 20.7. The number of benzene rings is 1. The maximum atomic E-state index is 13.7. The molecule has 0 aromatic heterocycles. The summed E-state index contributed by atoms with van der Waals surface area (Å²) in [5.41, 5.74) is 4.26. The van der Waals surface area contributed by atoms with Crippen molar-refractivity contribution in [3.63, 3.8) is 0 Å². The number of hydroxylamine groups is 1. The highest BCUT2D eigenvalue weighted by atomic mass is 32.2. The zero-order valence-corrected chi connectivity index (χ0v) is 21.5. The van der Waals surface area contributed by atoms with Gasteiger partial charge in [-0.3, -0.25) is 10.0 Å². The Labute approximate surface area is 204 Å². The molecule has 0 unspecified atom stereocenters. The van der Waals surface area contributed by atoms with Crippen molar-refractivity contribution in [1.82, 2.24) is 14.7 Å². The van der Waals surface area contributed by atoms with Crippen LogP contribution in [0, 0.1) is 0 Å². The van der Waals surface area contributed by atoms with Crippen molar-refractivity contribution in [1.29, 1.82) is 0 Å². The molecule has 1 aromatic carbocycles. The maximum absolute atomic E-state index is 13.7. The molecule has 0 saturated carbocycles. The van der Waals surface area contributed by atoms with E-state index in [2.05, 4.69) is 36.1 Å². The lowest BCUT2D eigenvalue weighted by molar-refractivity contribution is -0.133. The number of hydrogen-bond acceptors (Lipinski definition) is 6. The lowest BCUT2D eigenvalue weighted by Crippen LogP contribution is -2.62. The molecule has 34 heavy (non-hydrogen) atoms. The third-order valence-corrected chi connectivity index (χ3v) is 10.2. The fraction of sp³-hybridized carbons (Fsp3) is 0.720. The quantitative estimate of drug-likeness (QED) is 0.278. The molecule has 2 aliphatic heterocycles. The maximum Gasteiger partial charge on any atom is 0.266 e. The van der Waals surface area contributed by atoms with Crippen molar-refractivity contribution >= 4 is 15.9 Å². The summed E-state index contributed by atoms with van der Waals surface area (Å²) in [5, 5.41) is 9.39.